The van der Waals surface area contributed by atoms with E-state index < -0.39 is 10.8 Å². The molecule has 0 aliphatic carbocycles. The summed E-state index contributed by atoms with van der Waals surface area (Å²) in [6.45, 7) is 0.0676. The van der Waals surface area contributed by atoms with Crippen LogP contribution >= 0.6 is 27.5 Å². The maximum absolute atomic E-state index is 12.4. The van der Waals surface area contributed by atoms with Crippen LogP contribution in [0.15, 0.2) is 76.8 Å². The lowest BCUT2D eigenvalue weighted by Crippen LogP contribution is -2.13. The largest absolute Gasteiger partial charge is 0.486 e. The first-order valence-corrected chi connectivity index (χ1v) is 10.4. The van der Waals surface area contributed by atoms with Gasteiger partial charge in [-0.15, -0.1) is 0 Å². The number of nitrogens with one attached hydrogen (secondary N) is 1. The minimum atomic E-state index is -0.544. The Hall–Kier alpha value is -3.67. The van der Waals surface area contributed by atoms with Crippen molar-refractivity contribution in [2.45, 2.75) is 6.61 Å². The smallest absolute Gasteiger partial charge is 0.269 e. The SMILES string of the molecule is N#C/C(=C/c1cc(Cl)c(OCc2cccc([N+](=O)[O-])c2)c(Br)c1)C(=O)Nc1ccccc1. The fourth-order valence-corrected chi connectivity index (χ4v) is 3.74. The Labute approximate surface area is 197 Å². The van der Waals surface area contributed by atoms with E-state index in [0.717, 1.165) is 0 Å². The van der Waals surface area contributed by atoms with Gasteiger partial charge in [0.1, 0.15) is 18.2 Å². The summed E-state index contributed by atoms with van der Waals surface area (Å²) in [5.74, 6) is -0.209. The lowest BCUT2D eigenvalue weighted by atomic mass is 10.1. The predicted octanol–water partition coefficient (Wildman–Crippen LogP) is 6.14. The molecule has 0 spiro atoms. The summed E-state index contributed by atoms with van der Waals surface area (Å²) in [5.41, 5.74) is 1.57. The zero-order valence-electron chi connectivity index (χ0n) is 16.4. The summed E-state index contributed by atoms with van der Waals surface area (Å²) in [7, 11) is 0. The van der Waals surface area contributed by atoms with Crippen molar-refractivity contribution in [3.63, 3.8) is 0 Å². The summed E-state index contributed by atoms with van der Waals surface area (Å²) in [4.78, 5) is 22.8. The molecule has 0 atom stereocenters. The molecule has 3 aromatic carbocycles. The maximum Gasteiger partial charge on any atom is 0.269 e. The van der Waals surface area contributed by atoms with Crippen LogP contribution in [-0.2, 0) is 11.4 Å². The summed E-state index contributed by atoms with van der Waals surface area (Å²) < 4.78 is 6.24. The first-order chi connectivity index (χ1) is 15.4. The number of benzene rings is 3. The van der Waals surface area contributed by atoms with Crippen molar-refractivity contribution < 1.29 is 14.5 Å². The molecule has 0 saturated heterocycles. The molecule has 0 radical (unpaired) electrons. The number of non-ortho nitro benzene ring substituents is 1. The molecule has 0 fully saturated rings. The Morgan fingerprint density at radius 1 is 1.19 bits per heavy atom. The number of ether oxygens (including phenoxy) is 1. The quantitative estimate of drug-likeness (QED) is 0.177. The fraction of sp³-hybridized carbons (Fsp3) is 0.0435. The highest BCUT2D eigenvalue weighted by Gasteiger charge is 2.14. The summed E-state index contributed by atoms with van der Waals surface area (Å²) in [5, 5.41) is 23.2. The number of hydrogen-bond donors (Lipinski definition) is 1. The van der Waals surface area contributed by atoms with Gasteiger partial charge in [0, 0.05) is 17.8 Å². The first kappa shape index (κ1) is 23.0. The Morgan fingerprint density at radius 2 is 1.94 bits per heavy atom. The summed E-state index contributed by atoms with van der Waals surface area (Å²) in [6.07, 6.45) is 1.42. The molecular formula is C23H15BrClN3O4. The van der Waals surface area contributed by atoms with Crippen LogP contribution in [-0.4, -0.2) is 10.8 Å². The van der Waals surface area contributed by atoms with Gasteiger partial charge in [-0.1, -0.05) is 41.9 Å². The number of amides is 1. The number of nitro groups is 1. The third-order valence-electron chi connectivity index (χ3n) is 4.23. The van der Waals surface area contributed by atoms with Gasteiger partial charge < -0.3 is 10.1 Å². The van der Waals surface area contributed by atoms with E-state index in [2.05, 4.69) is 21.2 Å². The van der Waals surface area contributed by atoms with Gasteiger partial charge in [-0.25, -0.2) is 0 Å². The second-order valence-corrected chi connectivity index (χ2v) is 7.78. The molecule has 3 aromatic rings. The highest BCUT2D eigenvalue weighted by Crippen LogP contribution is 2.36. The average molecular weight is 513 g/mol. The maximum atomic E-state index is 12.4. The van der Waals surface area contributed by atoms with Crippen molar-refractivity contribution in [2.75, 3.05) is 5.32 Å². The minimum absolute atomic E-state index is 0.0328. The lowest BCUT2D eigenvalue weighted by Gasteiger charge is -2.11. The molecule has 0 saturated carbocycles. The van der Waals surface area contributed by atoms with Crippen LogP contribution in [0.5, 0.6) is 5.75 Å². The molecule has 160 valence electrons. The van der Waals surface area contributed by atoms with Crippen LogP contribution in [0.2, 0.25) is 5.02 Å². The highest BCUT2D eigenvalue weighted by molar-refractivity contribution is 9.10. The van der Waals surface area contributed by atoms with E-state index in [1.165, 1.54) is 18.2 Å². The number of halogens is 2. The van der Waals surface area contributed by atoms with Crippen LogP contribution < -0.4 is 10.1 Å². The number of rotatable bonds is 7. The Kier molecular flexibility index (Phi) is 7.60. The highest BCUT2D eigenvalue weighted by atomic mass is 79.9. The van der Waals surface area contributed by atoms with Gasteiger partial charge in [-0.3, -0.25) is 14.9 Å². The minimum Gasteiger partial charge on any atom is -0.486 e. The number of carbonyl (C=O) groups is 1. The molecule has 7 nitrogen and oxygen atoms in total. The molecule has 0 aliphatic heterocycles. The molecule has 0 unspecified atom stereocenters. The van der Waals surface area contributed by atoms with Crippen molar-refractivity contribution in [3.8, 4) is 11.8 Å². The normalized spacial score (nSPS) is 10.8. The van der Waals surface area contributed by atoms with Crippen LogP contribution in [0, 0.1) is 21.4 Å². The van der Waals surface area contributed by atoms with E-state index in [-0.39, 0.29) is 22.9 Å². The Balaban J connectivity index is 1.77. The lowest BCUT2D eigenvalue weighted by molar-refractivity contribution is -0.384. The van der Waals surface area contributed by atoms with Crippen LogP contribution in [0.4, 0.5) is 11.4 Å². The van der Waals surface area contributed by atoms with Crippen molar-refractivity contribution >= 4 is 50.9 Å². The van der Waals surface area contributed by atoms with Crippen molar-refractivity contribution in [1.82, 2.24) is 0 Å². The van der Waals surface area contributed by atoms with E-state index >= 15 is 0 Å². The fourth-order valence-electron chi connectivity index (χ4n) is 2.75. The van der Waals surface area contributed by atoms with Crippen LogP contribution in [0.1, 0.15) is 11.1 Å². The van der Waals surface area contributed by atoms with Gasteiger partial charge >= 0.3 is 0 Å². The molecule has 0 aliphatic rings. The Morgan fingerprint density at radius 3 is 2.59 bits per heavy atom. The topological polar surface area (TPSA) is 105 Å². The van der Waals surface area contributed by atoms with Crippen molar-refractivity contribution in [1.29, 1.82) is 5.26 Å². The number of para-hydroxylation sites is 1. The molecule has 0 heterocycles. The van der Waals surface area contributed by atoms with Gasteiger partial charge in [0.05, 0.1) is 14.4 Å². The third-order valence-corrected chi connectivity index (χ3v) is 5.10. The van der Waals surface area contributed by atoms with E-state index in [4.69, 9.17) is 16.3 Å². The van der Waals surface area contributed by atoms with E-state index in [0.29, 0.717) is 27.0 Å². The summed E-state index contributed by atoms with van der Waals surface area (Å²) >= 11 is 9.72. The standard InChI is InChI=1S/C23H15BrClN3O4/c24-20-11-16(9-17(13-26)23(29)27-18-6-2-1-3-7-18)12-21(25)22(20)32-14-15-5-4-8-19(10-15)28(30)31/h1-12H,14H2,(H,27,29)/b17-9-. The molecule has 9 heteroatoms. The van der Waals surface area contributed by atoms with Gasteiger partial charge in [0.15, 0.2) is 5.75 Å². The number of anilines is 1. The first-order valence-electron chi connectivity index (χ1n) is 9.20. The number of nitro benzene ring substituents is 1. The van der Waals surface area contributed by atoms with Crippen LogP contribution in [0.25, 0.3) is 6.08 Å². The summed E-state index contributed by atoms with van der Waals surface area (Å²) in [6, 6.07) is 20.0. The number of nitrogens with zero attached hydrogens (tertiary/aromatic N) is 2. The van der Waals surface area contributed by atoms with Crippen LogP contribution in [0.3, 0.4) is 0 Å². The van der Waals surface area contributed by atoms with Gasteiger partial charge in [0.2, 0.25) is 0 Å². The molecular weight excluding hydrogens is 498 g/mol. The average Bonchev–Trinajstić information content (AvgIpc) is 2.77. The van der Waals surface area contributed by atoms with E-state index in [1.54, 1.807) is 48.5 Å². The van der Waals surface area contributed by atoms with E-state index in [1.807, 2.05) is 12.1 Å². The zero-order valence-corrected chi connectivity index (χ0v) is 18.8. The van der Waals surface area contributed by atoms with Crippen molar-refractivity contribution in [3.05, 3.63) is 103 Å². The zero-order chi connectivity index (χ0) is 23.1. The molecule has 0 aromatic heterocycles. The van der Waals surface area contributed by atoms with Gasteiger partial charge in [-0.05, 0) is 57.4 Å². The molecule has 1 N–H and O–H groups in total. The van der Waals surface area contributed by atoms with Gasteiger partial charge in [0.25, 0.3) is 11.6 Å². The monoisotopic (exact) mass is 511 g/mol. The number of hydrogen-bond acceptors (Lipinski definition) is 5. The second kappa shape index (κ2) is 10.6. The Bertz CT molecular complexity index is 1220. The molecule has 1 amide bonds. The molecule has 32 heavy (non-hydrogen) atoms. The van der Waals surface area contributed by atoms with Gasteiger partial charge in [-0.2, -0.15) is 5.26 Å². The number of carbonyl (C=O) groups excluding carboxylic acids is 1. The van der Waals surface area contributed by atoms with Crippen molar-refractivity contribution in [2.24, 2.45) is 0 Å². The molecule has 3 rings (SSSR count). The molecule has 0 bridgehead atoms. The number of nitriles is 1. The second-order valence-electron chi connectivity index (χ2n) is 6.52. The van der Waals surface area contributed by atoms with E-state index in [9.17, 15) is 20.2 Å². The third kappa shape index (κ3) is 5.94. The predicted molar refractivity (Wildman–Crippen MR) is 125 cm³/mol.